The summed E-state index contributed by atoms with van der Waals surface area (Å²) in [5, 5.41) is 2.32. The molecule has 0 N–H and O–H groups in total. The molecule has 1 aromatic heterocycles. The number of ether oxygens (including phenoxy) is 1. The fourth-order valence-corrected chi connectivity index (χ4v) is 4.47. The van der Waals surface area contributed by atoms with E-state index in [0.717, 1.165) is 28.1 Å². The molecule has 0 saturated carbocycles. The molecule has 6 rings (SSSR count). The third-order valence-corrected chi connectivity index (χ3v) is 5.58. The van der Waals surface area contributed by atoms with Crippen molar-refractivity contribution in [3.63, 3.8) is 0 Å². The Balaban J connectivity index is 0.000000256. The third kappa shape index (κ3) is 3.39. The monoisotopic (exact) mass is 456 g/mol. The predicted molar refractivity (Wildman–Crippen MR) is 109 cm³/mol. The van der Waals surface area contributed by atoms with Crippen LogP contribution in [0.5, 0.6) is 11.5 Å². The second-order valence-corrected chi connectivity index (χ2v) is 10.1. The standard InChI is InChI=1S/C22H15O2.F6P/c1-22(2)12-6-3-8-14-18(12)21-19-13(22)7-4-9-15(19)24-17-11-5-10-16(23-14)20(17)21;1-7(2,3,4,5)6/h3-11H,1-2H3;/q+1;-1. The first-order chi connectivity index (χ1) is 14.1. The normalized spacial score (nSPS) is 17.4. The molecule has 0 unspecified atom stereocenters. The summed E-state index contributed by atoms with van der Waals surface area (Å²) in [5.74, 6) is 1.83. The van der Waals surface area contributed by atoms with E-state index in [9.17, 15) is 25.2 Å². The van der Waals surface area contributed by atoms with Crippen molar-refractivity contribution in [3.05, 3.63) is 65.7 Å². The Kier molecular flexibility index (Phi) is 3.43. The van der Waals surface area contributed by atoms with Gasteiger partial charge in [-0.25, -0.2) is 4.42 Å². The van der Waals surface area contributed by atoms with Gasteiger partial charge in [-0.1, -0.05) is 38.1 Å². The fraction of sp³-hybridized carbons (Fsp3) is 0.136. The van der Waals surface area contributed by atoms with Gasteiger partial charge < -0.3 is 4.74 Å². The molecule has 0 spiro atoms. The van der Waals surface area contributed by atoms with Crippen LogP contribution in [0, 0.1) is 0 Å². The Morgan fingerprint density at radius 1 is 0.677 bits per heavy atom. The van der Waals surface area contributed by atoms with Crippen LogP contribution in [0.2, 0.25) is 0 Å². The Labute approximate surface area is 172 Å². The molecule has 162 valence electrons. The molecule has 2 nitrogen and oxygen atoms in total. The number of hydrogen-bond donors (Lipinski definition) is 0. The van der Waals surface area contributed by atoms with E-state index in [0.29, 0.717) is 0 Å². The van der Waals surface area contributed by atoms with Gasteiger partial charge in [0.2, 0.25) is 0 Å². The summed E-state index contributed by atoms with van der Waals surface area (Å²) in [4.78, 5) is 0. The first kappa shape index (κ1) is 20.1. The van der Waals surface area contributed by atoms with Crippen LogP contribution in [0.3, 0.4) is 0 Å². The Morgan fingerprint density at radius 2 is 1.19 bits per heavy atom. The van der Waals surface area contributed by atoms with Gasteiger partial charge >= 0.3 is 44.2 Å². The van der Waals surface area contributed by atoms with E-state index >= 15 is 0 Å². The van der Waals surface area contributed by atoms with Crippen molar-refractivity contribution in [1.29, 1.82) is 0 Å². The summed E-state index contributed by atoms with van der Waals surface area (Å²) in [6.45, 7) is 4.57. The van der Waals surface area contributed by atoms with Gasteiger partial charge in [0, 0.05) is 28.7 Å². The number of halogens is 6. The molecular weight excluding hydrogens is 441 g/mol. The van der Waals surface area contributed by atoms with Gasteiger partial charge in [0.15, 0.2) is 0 Å². The molecule has 9 heteroatoms. The van der Waals surface area contributed by atoms with E-state index < -0.39 is 7.81 Å². The van der Waals surface area contributed by atoms with Gasteiger partial charge in [-0.05, 0) is 29.3 Å². The molecule has 0 bridgehead atoms. The van der Waals surface area contributed by atoms with Crippen LogP contribution in [0.15, 0.2) is 59.0 Å². The van der Waals surface area contributed by atoms with Crippen molar-refractivity contribution < 1.29 is 34.3 Å². The first-order valence-corrected chi connectivity index (χ1v) is 11.3. The van der Waals surface area contributed by atoms with Crippen LogP contribution in [0.4, 0.5) is 25.2 Å². The van der Waals surface area contributed by atoms with Gasteiger partial charge in [0.25, 0.3) is 0 Å². The SMILES string of the molecule is CC1(C)c2cccc3c2-c2c4c(cccc4[o+]c4cccc1c24)O3.F[P-](F)(F)(F)(F)F. The van der Waals surface area contributed by atoms with Crippen molar-refractivity contribution in [2.24, 2.45) is 0 Å². The average Bonchev–Trinajstić information content (AvgIpc) is 2.63. The van der Waals surface area contributed by atoms with E-state index in [1.165, 1.54) is 27.6 Å². The number of hydrogen-bond acceptors (Lipinski definition) is 1. The third-order valence-electron chi connectivity index (χ3n) is 5.58. The van der Waals surface area contributed by atoms with Crippen molar-refractivity contribution in [3.8, 4) is 22.6 Å². The summed E-state index contributed by atoms with van der Waals surface area (Å²) in [6.07, 6.45) is 0. The molecule has 0 atom stereocenters. The maximum absolute atomic E-state index is 10.7. The molecule has 1 aliphatic heterocycles. The van der Waals surface area contributed by atoms with Crippen molar-refractivity contribution >= 4 is 29.7 Å². The zero-order valence-corrected chi connectivity index (χ0v) is 17.1. The van der Waals surface area contributed by atoms with Crippen LogP contribution >= 0.6 is 7.81 Å². The Hall–Kier alpha value is -2.86. The average molecular weight is 456 g/mol. The second kappa shape index (κ2) is 5.30. The molecule has 0 saturated heterocycles. The summed E-state index contributed by atoms with van der Waals surface area (Å²) < 4.78 is 71.7. The van der Waals surface area contributed by atoms with Crippen LogP contribution in [0.25, 0.3) is 33.1 Å². The van der Waals surface area contributed by atoms with Crippen molar-refractivity contribution in [2.45, 2.75) is 19.3 Å². The van der Waals surface area contributed by atoms with Crippen LogP contribution < -0.4 is 4.74 Å². The summed E-state index contributed by atoms with van der Waals surface area (Å²) in [5.41, 5.74) is 6.88. The van der Waals surface area contributed by atoms with Crippen molar-refractivity contribution in [1.82, 2.24) is 0 Å². The molecule has 2 aliphatic rings. The van der Waals surface area contributed by atoms with Gasteiger partial charge in [-0.3, -0.25) is 0 Å². The van der Waals surface area contributed by atoms with E-state index in [-0.39, 0.29) is 5.41 Å². The van der Waals surface area contributed by atoms with Crippen LogP contribution in [-0.2, 0) is 5.41 Å². The summed E-state index contributed by atoms with van der Waals surface area (Å²) in [7, 11) is -10.7. The number of benzene rings is 3. The van der Waals surface area contributed by atoms with Crippen LogP contribution in [0.1, 0.15) is 25.0 Å². The fourth-order valence-electron chi connectivity index (χ4n) is 4.47. The van der Waals surface area contributed by atoms with Gasteiger partial charge in [0.05, 0.1) is 5.39 Å². The topological polar surface area (TPSA) is 20.5 Å². The predicted octanol–water partition coefficient (Wildman–Crippen LogP) is 9.66. The molecule has 0 fully saturated rings. The van der Waals surface area contributed by atoms with Gasteiger partial charge in [-0.2, -0.15) is 0 Å². The molecule has 1 aliphatic carbocycles. The Morgan fingerprint density at radius 3 is 1.87 bits per heavy atom. The second-order valence-electron chi connectivity index (χ2n) is 8.15. The maximum atomic E-state index is 9.87. The summed E-state index contributed by atoms with van der Waals surface area (Å²) >= 11 is 0. The zero-order chi connectivity index (χ0) is 22.5. The minimum atomic E-state index is -10.7. The van der Waals surface area contributed by atoms with Crippen LogP contribution in [-0.4, -0.2) is 0 Å². The quantitative estimate of drug-likeness (QED) is 0.100. The van der Waals surface area contributed by atoms with E-state index in [2.05, 4.69) is 50.2 Å². The molecule has 31 heavy (non-hydrogen) atoms. The molecule has 2 heterocycles. The zero-order valence-electron chi connectivity index (χ0n) is 16.2. The van der Waals surface area contributed by atoms with Crippen molar-refractivity contribution in [2.75, 3.05) is 0 Å². The van der Waals surface area contributed by atoms with E-state index in [1.807, 2.05) is 18.2 Å². The summed E-state index contributed by atoms with van der Waals surface area (Å²) in [6, 6.07) is 18.8. The molecule has 3 aromatic carbocycles. The molecule has 4 aromatic rings. The van der Waals surface area contributed by atoms with E-state index in [1.54, 1.807) is 0 Å². The minimum absolute atomic E-state index is 0.0866. The first-order valence-electron chi connectivity index (χ1n) is 9.31. The van der Waals surface area contributed by atoms with E-state index in [4.69, 9.17) is 9.15 Å². The number of rotatable bonds is 0. The molecule has 0 radical (unpaired) electrons. The Bertz CT molecular complexity index is 1420. The molecule has 0 amide bonds. The van der Waals surface area contributed by atoms with Gasteiger partial charge in [0.1, 0.15) is 16.9 Å². The molecular formula is C22H15F6O2P. The van der Waals surface area contributed by atoms with Gasteiger partial charge in [-0.15, -0.1) is 0 Å².